The van der Waals surface area contributed by atoms with Gasteiger partial charge >= 0.3 is 5.97 Å². The molecular weight excluding hydrogens is 232 g/mol. The molecule has 1 aliphatic rings. The highest BCUT2D eigenvalue weighted by Crippen LogP contribution is 2.32. The van der Waals surface area contributed by atoms with Gasteiger partial charge in [0.2, 0.25) is 0 Å². The minimum Gasteiger partial charge on any atom is -0.493 e. The molecule has 0 bridgehead atoms. The summed E-state index contributed by atoms with van der Waals surface area (Å²) in [5.41, 5.74) is 1.84. The fourth-order valence-corrected chi connectivity index (χ4v) is 2.29. The smallest absolute Gasteiger partial charge is 0.311 e. The summed E-state index contributed by atoms with van der Waals surface area (Å²) in [6, 6.07) is 5.57. The number of methoxy groups -OCH3 is 1. The van der Waals surface area contributed by atoms with Crippen LogP contribution in [0.25, 0.3) is 0 Å². The predicted molar refractivity (Wildman–Crippen MR) is 66.4 cm³/mol. The predicted octanol–water partition coefficient (Wildman–Crippen LogP) is 1.85. The molecule has 2 unspecified atom stereocenters. The molecule has 1 aromatic rings. The fraction of sp³-hybridized carbons (Fsp3) is 0.500. The molecule has 0 fully saturated rings. The lowest BCUT2D eigenvalue weighted by molar-refractivity contribution is -0.149. The van der Waals surface area contributed by atoms with E-state index >= 15 is 0 Å². The molecule has 1 aromatic carbocycles. The van der Waals surface area contributed by atoms with E-state index in [2.05, 4.69) is 0 Å². The molecule has 1 aliphatic heterocycles. The van der Waals surface area contributed by atoms with Crippen LogP contribution >= 0.6 is 0 Å². The highest BCUT2D eigenvalue weighted by molar-refractivity contribution is 5.73. The zero-order valence-corrected chi connectivity index (χ0v) is 10.7. The van der Waals surface area contributed by atoms with Crippen LogP contribution in [0.5, 0.6) is 5.75 Å². The van der Waals surface area contributed by atoms with Gasteiger partial charge in [-0.25, -0.2) is 0 Å². The second-order valence-electron chi connectivity index (χ2n) is 4.45. The fourth-order valence-electron chi connectivity index (χ4n) is 2.29. The Morgan fingerprint density at radius 1 is 1.56 bits per heavy atom. The van der Waals surface area contributed by atoms with E-state index in [4.69, 9.17) is 9.47 Å². The second kappa shape index (κ2) is 5.40. The third-order valence-electron chi connectivity index (χ3n) is 3.38. The van der Waals surface area contributed by atoms with Crippen molar-refractivity contribution >= 4 is 5.97 Å². The summed E-state index contributed by atoms with van der Waals surface area (Å²) < 4.78 is 10.1. The van der Waals surface area contributed by atoms with Gasteiger partial charge in [-0.05, 0) is 29.7 Å². The molecule has 0 aromatic heterocycles. The zero-order chi connectivity index (χ0) is 13.1. The molecule has 98 valence electrons. The molecule has 0 spiro atoms. The number of esters is 1. The van der Waals surface area contributed by atoms with E-state index in [1.807, 2.05) is 19.1 Å². The Hall–Kier alpha value is -1.55. The van der Waals surface area contributed by atoms with Crippen LogP contribution in [0.2, 0.25) is 0 Å². The molecule has 0 aliphatic carbocycles. The number of carbonyl (C=O) groups excluding carboxylic acids is 1. The number of fused-ring (bicyclic) bond motifs is 1. The first kappa shape index (κ1) is 12.9. The van der Waals surface area contributed by atoms with Crippen LogP contribution in [0.3, 0.4) is 0 Å². The van der Waals surface area contributed by atoms with E-state index in [-0.39, 0.29) is 5.97 Å². The SMILES string of the molecule is CCC(C(=O)OC)C(O)c1ccc2c(c1)CCO2. The first-order valence-corrected chi connectivity index (χ1v) is 6.19. The number of ether oxygens (including phenoxy) is 2. The Labute approximate surface area is 107 Å². The summed E-state index contributed by atoms with van der Waals surface area (Å²) in [6.45, 7) is 2.55. The van der Waals surface area contributed by atoms with Crippen LogP contribution in [-0.4, -0.2) is 24.8 Å². The summed E-state index contributed by atoms with van der Waals surface area (Å²) in [4.78, 5) is 11.6. The Kier molecular flexibility index (Phi) is 3.87. The van der Waals surface area contributed by atoms with Gasteiger partial charge in [-0.15, -0.1) is 0 Å². The Bertz CT molecular complexity index is 441. The van der Waals surface area contributed by atoms with Gasteiger partial charge in [-0.3, -0.25) is 4.79 Å². The number of rotatable bonds is 4. The molecule has 1 N–H and O–H groups in total. The number of benzene rings is 1. The van der Waals surface area contributed by atoms with E-state index in [0.29, 0.717) is 13.0 Å². The van der Waals surface area contributed by atoms with Gasteiger partial charge in [-0.2, -0.15) is 0 Å². The van der Waals surface area contributed by atoms with Crippen LogP contribution in [0.15, 0.2) is 18.2 Å². The first-order valence-electron chi connectivity index (χ1n) is 6.19. The van der Waals surface area contributed by atoms with Crippen LogP contribution in [-0.2, 0) is 16.0 Å². The molecule has 18 heavy (non-hydrogen) atoms. The molecule has 0 saturated carbocycles. The van der Waals surface area contributed by atoms with Crippen LogP contribution < -0.4 is 4.74 Å². The van der Waals surface area contributed by atoms with Crippen LogP contribution in [0.4, 0.5) is 0 Å². The Balaban J connectivity index is 2.22. The minimum atomic E-state index is -0.826. The van der Waals surface area contributed by atoms with Gasteiger partial charge in [0.15, 0.2) is 0 Å². The number of carbonyl (C=O) groups is 1. The van der Waals surface area contributed by atoms with Crippen molar-refractivity contribution in [1.82, 2.24) is 0 Å². The number of hydrogen-bond acceptors (Lipinski definition) is 4. The maximum atomic E-state index is 11.6. The van der Waals surface area contributed by atoms with Crippen molar-refractivity contribution in [2.75, 3.05) is 13.7 Å². The van der Waals surface area contributed by atoms with Crippen molar-refractivity contribution in [2.24, 2.45) is 5.92 Å². The lowest BCUT2D eigenvalue weighted by Crippen LogP contribution is -2.23. The van der Waals surface area contributed by atoms with Crippen LogP contribution in [0.1, 0.15) is 30.6 Å². The number of aliphatic hydroxyl groups is 1. The summed E-state index contributed by atoms with van der Waals surface area (Å²) in [7, 11) is 1.34. The lowest BCUT2D eigenvalue weighted by Gasteiger charge is -2.20. The molecule has 0 radical (unpaired) electrons. The molecule has 0 amide bonds. The Morgan fingerprint density at radius 3 is 3.00 bits per heavy atom. The average Bonchev–Trinajstić information content (AvgIpc) is 2.86. The highest BCUT2D eigenvalue weighted by atomic mass is 16.5. The van der Waals surface area contributed by atoms with E-state index in [0.717, 1.165) is 23.3 Å². The molecule has 4 nitrogen and oxygen atoms in total. The first-order chi connectivity index (χ1) is 8.67. The third-order valence-corrected chi connectivity index (χ3v) is 3.38. The third kappa shape index (κ3) is 2.34. The van der Waals surface area contributed by atoms with E-state index < -0.39 is 12.0 Å². The maximum Gasteiger partial charge on any atom is 0.311 e. The summed E-state index contributed by atoms with van der Waals surface area (Å²) in [6.07, 6.45) is 0.570. The van der Waals surface area contributed by atoms with Gasteiger partial charge in [0, 0.05) is 6.42 Å². The molecule has 1 heterocycles. The van der Waals surface area contributed by atoms with Crippen molar-refractivity contribution in [3.05, 3.63) is 29.3 Å². The lowest BCUT2D eigenvalue weighted by atomic mass is 9.92. The Morgan fingerprint density at radius 2 is 2.33 bits per heavy atom. The maximum absolute atomic E-state index is 11.6. The van der Waals surface area contributed by atoms with Crippen molar-refractivity contribution in [3.8, 4) is 5.75 Å². The highest BCUT2D eigenvalue weighted by Gasteiger charge is 2.28. The monoisotopic (exact) mass is 250 g/mol. The van der Waals surface area contributed by atoms with Crippen molar-refractivity contribution < 1.29 is 19.4 Å². The average molecular weight is 250 g/mol. The second-order valence-corrected chi connectivity index (χ2v) is 4.45. The molecule has 2 atom stereocenters. The van der Waals surface area contributed by atoms with E-state index in [1.165, 1.54) is 7.11 Å². The van der Waals surface area contributed by atoms with Gasteiger partial charge in [-0.1, -0.05) is 13.0 Å². The minimum absolute atomic E-state index is 0.373. The number of hydrogen-bond donors (Lipinski definition) is 1. The van der Waals surface area contributed by atoms with Gasteiger partial charge in [0.1, 0.15) is 5.75 Å². The van der Waals surface area contributed by atoms with Crippen molar-refractivity contribution in [2.45, 2.75) is 25.9 Å². The molecule has 4 heteroatoms. The summed E-state index contributed by atoms with van der Waals surface area (Å²) >= 11 is 0. The van der Waals surface area contributed by atoms with Crippen LogP contribution in [0, 0.1) is 5.92 Å². The summed E-state index contributed by atoms with van der Waals surface area (Å²) in [5.74, 6) is -0.0193. The van der Waals surface area contributed by atoms with E-state index in [9.17, 15) is 9.90 Å². The topological polar surface area (TPSA) is 55.8 Å². The van der Waals surface area contributed by atoms with Crippen molar-refractivity contribution in [1.29, 1.82) is 0 Å². The van der Waals surface area contributed by atoms with Gasteiger partial charge in [0.25, 0.3) is 0 Å². The van der Waals surface area contributed by atoms with Crippen molar-refractivity contribution in [3.63, 3.8) is 0 Å². The number of aliphatic hydroxyl groups excluding tert-OH is 1. The molecule has 2 rings (SSSR count). The van der Waals surface area contributed by atoms with E-state index in [1.54, 1.807) is 6.07 Å². The standard InChI is InChI=1S/C14H18O4/c1-3-11(14(16)17-2)13(15)10-4-5-12-9(8-10)6-7-18-12/h4-5,8,11,13,15H,3,6-7H2,1-2H3. The van der Waals surface area contributed by atoms with Gasteiger partial charge < -0.3 is 14.6 Å². The zero-order valence-electron chi connectivity index (χ0n) is 10.7. The normalized spacial score (nSPS) is 16.6. The quantitative estimate of drug-likeness (QED) is 0.829. The largest absolute Gasteiger partial charge is 0.493 e. The summed E-state index contributed by atoms with van der Waals surface area (Å²) in [5, 5.41) is 10.3. The molecular formula is C14H18O4. The van der Waals surface area contributed by atoms with Gasteiger partial charge in [0.05, 0.1) is 25.7 Å². The molecule has 0 saturated heterocycles.